The van der Waals surface area contributed by atoms with Crippen LogP contribution in [0.25, 0.3) is 0 Å². The quantitative estimate of drug-likeness (QED) is 0.844. The standard InChI is InChI=1S/C12H18N6/c1-4-5-10-16-11(13-2)6-12(17-10)15-9-7-14-18(3)8-9/h6-8H,4-5H2,1-3H3,(H2,13,15,16,17). The maximum Gasteiger partial charge on any atom is 0.136 e. The summed E-state index contributed by atoms with van der Waals surface area (Å²) in [7, 11) is 3.73. The number of nitrogens with zero attached hydrogens (tertiary/aromatic N) is 4. The van der Waals surface area contributed by atoms with Crippen LogP contribution in [0, 0.1) is 0 Å². The van der Waals surface area contributed by atoms with Crippen LogP contribution in [-0.2, 0) is 13.5 Å². The number of hydrogen-bond donors (Lipinski definition) is 2. The molecule has 6 heteroatoms. The third-order valence-electron chi connectivity index (χ3n) is 2.48. The molecule has 0 atom stereocenters. The molecule has 0 spiro atoms. The molecule has 0 aliphatic heterocycles. The smallest absolute Gasteiger partial charge is 0.136 e. The van der Waals surface area contributed by atoms with E-state index in [1.54, 1.807) is 10.9 Å². The largest absolute Gasteiger partial charge is 0.373 e. The molecule has 2 aromatic heterocycles. The van der Waals surface area contributed by atoms with Crippen molar-refractivity contribution in [1.82, 2.24) is 19.7 Å². The Morgan fingerprint density at radius 1 is 1.28 bits per heavy atom. The second-order valence-corrected chi connectivity index (χ2v) is 4.08. The van der Waals surface area contributed by atoms with Crippen LogP contribution in [0.5, 0.6) is 0 Å². The molecule has 0 amide bonds. The summed E-state index contributed by atoms with van der Waals surface area (Å²) in [6.07, 6.45) is 5.57. The van der Waals surface area contributed by atoms with E-state index in [4.69, 9.17) is 0 Å². The summed E-state index contributed by atoms with van der Waals surface area (Å²) in [6.45, 7) is 2.11. The predicted octanol–water partition coefficient (Wildman–Crippen LogP) is 1.95. The molecular formula is C12H18N6. The minimum atomic E-state index is 0.783. The molecule has 0 radical (unpaired) electrons. The maximum atomic E-state index is 4.48. The Bertz CT molecular complexity index is 519. The lowest BCUT2D eigenvalue weighted by Crippen LogP contribution is -2.03. The highest BCUT2D eigenvalue weighted by molar-refractivity contribution is 5.57. The minimum absolute atomic E-state index is 0.783. The van der Waals surface area contributed by atoms with Crippen LogP contribution >= 0.6 is 0 Å². The van der Waals surface area contributed by atoms with Crippen molar-refractivity contribution in [2.45, 2.75) is 19.8 Å². The highest BCUT2D eigenvalue weighted by Gasteiger charge is 2.04. The van der Waals surface area contributed by atoms with Gasteiger partial charge in [-0.1, -0.05) is 6.92 Å². The molecule has 18 heavy (non-hydrogen) atoms. The first kappa shape index (κ1) is 12.3. The number of anilines is 3. The lowest BCUT2D eigenvalue weighted by atomic mass is 10.3. The molecule has 0 saturated carbocycles. The van der Waals surface area contributed by atoms with Crippen molar-refractivity contribution in [1.29, 1.82) is 0 Å². The third kappa shape index (κ3) is 2.97. The Morgan fingerprint density at radius 2 is 2.06 bits per heavy atom. The van der Waals surface area contributed by atoms with E-state index in [1.165, 1.54) is 0 Å². The monoisotopic (exact) mass is 246 g/mol. The highest BCUT2D eigenvalue weighted by atomic mass is 15.3. The van der Waals surface area contributed by atoms with E-state index >= 15 is 0 Å². The third-order valence-corrected chi connectivity index (χ3v) is 2.48. The Morgan fingerprint density at radius 3 is 2.67 bits per heavy atom. The number of aromatic nitrogens is 4. The molecule has 2 rings (SSSR count). The molecule has 6 nitrogen and oxygen atoms in total. The summed E-state index contributed by atoms with van der Waals surface area (Å²) in [5.74, 6) is 2.45. The topological polar surface area (TPSA) is 67.7 Å². The van der Waals surface area contributed by atoms with Crippen LogP contribution in [0.3, 0.4) is 0 Å². The van der Waals surface area contributed by atoms with Crippen LogP contribution in [0.4, 0.5) is 17.3 Å². The molecule has 96 valence electrons. The summed E-state index contributed by atoms with van der Waals surface area (Å²) in [5.41, 5.74) is 0.917. The average molecular weight is 246 g/mol. The fraction of sp³-hybridized carbons (Fsp3) is 0.417. The molecule has 0 aliphatic rings. The van der Waals surface area contributed by atoms with Gasteiger partial charge in [0.25, 0.3) is 0 Å². The van der Waals surface area contributed by atoms with Crippen LogP contribution < -0.4 is 10.6 Å². The van der Waals surface area contributed by atoms with Gasteiger partial charge >= 0.3 is 0 Å². The molecule has 0 unspecified atom stereocenters. The molecular weight excluding hydrogens is 228 g/mol. The summed E-state index contributed by atoms with van der Waals surface area (Å²) in [6, 6.07) is 1.88. The Labute approximate surface area is 106 Å². The minimum Gasteiger partial charge on any atom is -0.373 e. The fourth-order valence-corrected chi connectivity index (χ4v) is 1.66. The lowest BCUT2D eigenvalue weighted by molar-refractivity contribution is 0.768. The molecule has 0 bridgehead atoms. The van der Waals surface area contributed by atoms with Crippen LogP contribution in [0.1, 0.15) is 19.2 Å². The van der Waals surface area contributed by atoms with Gasteiger partial charge in [-0.05, 0) is 6.42 Å². The Hall–Kier alpha value is -2.11. The zero-order valence-electron chi connectivity index (χ0n) is 10.9. The van der Waals surface area contributed by atoms with E-state index in [1.807, 2.05) is 26.4 Å². The number of nitrogens with one attached hydrogen (secondary N) is 2. The zero-order valence-corrected chi connectivity index (χ0v) is 10.9. The molecule has 0 fully saturated rings. The average Bonchev–Trinajstić information content (AvgIpc) is 2.75. The molecule has 0 saturated heterocycles. The van der Waals surface area contributed by atoms with Crippen LogP contribution in [0.2, 0.25) is 0 Å². The number of rotatable bonds is 5. The normalized spacial score (nSPS) is 10.4. The van der Waals surface area contributed by atoms with Crippen LogP contribution in [-0.4, -0.2) is 26.8 Å². The molecule has 0 aromatic carbocycles. The summed E-state index contributed by atoms with van der Waals surface area (Å²) >= 11 is 0. The van der Waals surface area contributed by atoms with E-state index < -0.39 is 0 Å². The summed E-state index contributed by atoms with van der Waals surface area (Å²) < 4.78 is 1.75. The number of hydrogen-bond acceptors (Lipinski definition) is 5. The highest BCUT2D eigenvalue weighted by Crippen LogP contribution is 2.17. The maximum absolute atomic E-state index is 4.48. The molecule has 2 heterocycles. The first-order valence-corrected chi connectivity index (χ1v) is 6.02. The van der Waals surface area contributed by atoms with E-state index in [0.717, 1.165) is 36.0 Å². The lowest BCUT2D eigenvalue weighted by Gasteiger charge is -2.08. The van der Waals surface area contributed by atoms with Crippen molar-refractivity contribution >= 4 is 17.3 Å². The van der Waals surface area contributed by atoms with Gasteiger partial charge in [0.15, 0.2) is 0 Å². The van der Waals surface area contributed by atoms with Gasteiger partial charge in [-0.25, -0.2) is 9.97 Å². The first-order valence-electron chi connectivity index (χ1n) is 6.02. The van der Waals surface area contributed by atoms with Gasteiger partial charge in [0.05, 0.1) is 11.9 Å². The summed E-state index contributed by atoms with van der Waals surface area (Å²) in [5, 5.41) is 10.4. The van der Waals surface area contributed by atoms with Gasteiger partial charge < -0.3 is 10.6 Å². The SMILES string of the molecule is CCCc1nc(NC)cc(Nc2cnn(C)c2)n1. The fourth-order valence-electron chi connectivity index (χ4n) is 1.66. The van der Waals surface area contributed by atoms with Gasteiger partial charge in [-0.3, -0.25) is 4.68 Å². The van der Waals surface area contributed by atoms with Gasteiger partial charge in [0.2, 0.25) is 0 Å². The van der Waals surface area contributed by atoms with Crippen molar-refractivity contribution in [3.8, 4) is 0 Å². The summed E-state index contributed by atoms with van der Waals surface area (Å²) in [4.78, 5) is 8.88. The van der Waals surface area contributed by atoms with E-state index in [2.05, 4.69) is 32.6 Å². The van der Waals surface area contributed by atoms with Gasteiger partial charge in [0.1, 0.15) is 17.5 Å². The molecule has 0 aliphatic carbocycles. The van der Waals surface area contributed by atoms with Crippen LogP contribution in [0.15, 0.2) is 18.5 Å². The van der Waals surface area contributed by atoms with Crippen molar-refractivity contribution in [2.75, 3.05) is 17.7 Å². The number of aryl methyl sites for hydroxylation is 2. The Kier molecular flexibility index (Phi) is 3.76. The molecule has 2 aromatic rings. The zero-order chi connectivity index (χ0) is 13.0. The van der Waals surface area contributed by atoms with E-state index in [-0.39, 0.29) is 0 Å². The van der Waals surface area contributed by atoms with E-state index in [0.29, 0.717) is 0 Å². The van der Waals surface area contributed by atoms with Gasteiger partial charge in [0, 0.05) is 32.8 Å². The van der Waals surface area contributed by atoms with Crippen molar-refractivity contribution in [3.05, 3.63) is 24.3 Å². The van der Waals surface area contributed by atoms with Gasteiger partial charge in [-0.15, -0.1) is 0 Å². The van der Waals surface area contributed by atoms with Gasteiger partial charge in [-0.2, -0.15) is 5.10 Å². The first-order chi connectivity index (χ1) is 8.71. The van der Waals surface area contributed by atoms with Crippen molar-refractivity contribution in [2.24, 2.45) is 7.05 Å². The van der Waals surface area contributed by atoms with Crippen molar-refractivity contribution in [3.63, 3.8) is 0 Å². The predicted molar refractivity (Wildman–Crippen MR) is 72.1 cm³/mol. The molecule has 2 N–H and O–H groups in total. The van der Waals surface area contributed by atoms with E-state index in [9.17, 15) is 0 Å². The second kappa shape index (κ2) is 5.48. The Balaban J connectivity index is 2.23. The van der Waals surface area contributed by atoms with Crippen molar-refractivity contribution < 1.29 is 0 Å². The second-order valence-electron chi connectivity index (χ2n) is 4.08.